The molecule has 6 nitrogen and oxygen atoms in total. The van der Waals surface area contributed by atoms with Crippen LogP contribution in [0.2, 0.25) is 0 Å². The quantitative estimate of drug-likeness (QED) is 0.775. The number of urea groups is 1. The molecule has 1 heterocycles. The van der Waals surface area contributed by atoms with E-state index in [1.54, 1.807) is 40.1 Å². The fourth-order valence-electron chi connectivity index (χ4n) is 1.63. The van der Waals surface area contributed by atoms with Gasteiger partial charge in [0.1, 0.15) is 0 Å². The van der Waals surface area contributed by atoms with Crippen molar-refractivity contribution in [1.82, 2.24) is 15.6 Å². The molecule has 0 bridgehead atoms. The van der Waals surface area contributed by atoms with E-state index in [1.807, 2.05) is 13.0 Å². The van der Waals surface area contributed by atoms with Crippen molar-refractivity contribution in [3.63, 3.8) is 0 Å². The molecule has 21 heavy (non-hydrogen) atoms. The van der Waals surface area contributed by atoms with Crippen LogP contribution in [0.5, 0.6) is 0 Å². The number of amides is 2. The number of nitrogens with one attached hydrogen (secondary N) is 2. The first kappa shape index (κ1) is 16.9. The Morgan fingerprint density at radius 2 is 1.90 bits per heavy atom. The SMILES string of the molecule is Cc1cnccc1CNC(=O)NC(C)(C)C(C)(C)C(=O)O. The van der Waals surface area contributed by atoms with Crippen molar-refractivity contribution in [2.45, 2.75) is 46.7 Å². The van der Waals surface area contributed by atoms with Crippen LogP contribution >= 0.6 is 0 Å². The van der Waals surface area contributed by atoms with E-state index in [0.29, 0.717) is 6.54 Å². The number of rotatable bonds is 5. The second-order valence-corrected chi connectivity index (χ2v) is 6.16. The number of carboxylic acid groups (broad SMARTS) is 1. The zero-order valence-electron chi connectivity index (χ0n) is 13.2. The second-order valence-electron chi connectivity index (χ2n) is 6.16. The summed E-state index contributed by atoms with van der Waals surface area (Å²) < 4.78 is 0. The first-order valence-corrected chi connectivity index (χ1v) is 6.77. The maximum absolute atomic E-state index is 12.0. The van der Waals surface area contributed by atoms with Crippen LogP contribution in [0.25, 0.3) is 0 Å². The largest absolute Gasteiger partial charge is 0.481 e. The van der Waals surface area contributed by atoms with E-state index in [9.17, 15) is 14.7 Å². The summed E-state index contributed by atoms with van der Waals surface area (Å²) in [6.07, 6.45) is 3.39. The number of carbonyl (C=O) groups excluding carboxylic acids is 1. The number of aryl methyl sites for hydroxylation is 1. The van der Waals surface area contributed by atoms with Gasteiger partial charge in [-0.05, 0) is 51.8 Å². The number of carbonyl (C=O) groups is 2. The lowest BCUT2D eigenvalue weighted by Crippen LogP contribution is -2.58. The molecule has 0 radical (unpaired) electrons. The number of aromatic nitrogens is 1. The van der Waals surface area contributed by atoms with Crippen LogP contribution in [0.15, 0.2) is 18.5 Å². The summed E-state index contributed by atoms with van der Waals surface area (Å²) in [4.78, 5) is 27.3. The Kier molecular flexibility index (Phi) is 4.93. The summed E-state index contributed by atoms with van der Waals surface area (Å²) in [6.45, 7) is 8.84. The maximum Gasteiger partial charge on any atom is 0.315 e. The van der Waals surface area contributed by atoms with Gasteiger partial charge in [-0.15, -0.1) is 0 Å². The number of hydrogen-bond acceptors (Lipinski definition) is 3. The fraction of sp³-hybridized carbons (Fsp3) is 0.533. The van der Waals surface area contributed by atoms with Crippen LogP contribution in [0.3, 0.4) is 0 Å². The van der Waals surface area contributed by atoms with Gasteiger partial charge in [-0.1, -0.05) is 0 Å². The number of carboxylic acids is 1. The van der Waals surface area contributed by atoms with E-state index < -0.39 is 23.0 Å². The van der Waals surface area contributed by atoms with E-state index in [0.717, 1.165) is 11.1 Å². The van der Waals surface area contributed by atoms with Gasteiger partial charge in [0.15, 0.2) is 0 Å². The van der Waals surface area contributed by atoms with Crippen molar-refractivity contribution in [1.29, 1.82) is 0 Å². The molecule has 0 fully saturated rings. The van der Waals surface area contributed by atoms with Crippen molar-refractivity contribution in [2.75, 3.05) is 0 Å². The summed E-state index contributed by atoms with van der Waals surface area (Å²) in [6, 6.07) is 1.44. The van der Waals surface area contributed by atoms with Crippen molar-refractivity contribution >= 4 is 12.0 Å². The van der Waals surface area contributed by atoms with Crippen LogP contribution in [-0.4, -0.2) is 27.6 Å². The highest BCUT2D eigenvalue weighted by Gasteiger charge is 2.44. The second kappa shape index (κ2) is 6.11. The van der Waals surface area contributed by atoms with E-state index in [-0.39, 0.29) is 0 Å². The Morgan fingerprint density at radius 1 is 1.29 bits per heavy atom. The Hall–Kier alpha value is -2.11. The smallest absolute Gasteiger partial charge is 0.315 e. The molecule has 1 rings (SSSR count). The molecule has 0 aliphatic heterocycles. The Bertz CT molecular complexity index is 539. The first-order chi connectivity index (χ1) is 9.58. The monoisotopic (exact) mass is 293 g/mol. The van der Waals surface area contributed by atoms with Crippen molar-refractivity contribution < 1.29 is 14.7 Å². The molecule has 0 spiro atoms. The molecule has 2 amide bonds. The molecule has 0 aromatic carbocycles. The van der Waals surface area contributed by atoms with E-state index in [2.05, 4.69) is 15.6 Å². The molecule has 0 aliphatic rings. The molecular formula is C15H23N3O3. The molecular weight excluding hydrogens is 270 g/mol. The van der Waals surface area contributed by atoms with Gasteiger partial charge < -0.3 is 15.7 Å². The predicted molar refractivity (Wildman–Crippen MR) is 79.8 cm³/mol. The molecule has 1 aromatic rings. The number of hydrogen-bond donors (Lipinski definition) is 3. The minimum absolute atomic E-state index is 0.365. The summed E-state index contributed by atoms with van der Waals surface area (Å²) in [5, 5.41) is 14.7. The Labute approximate surface area is 125 Å². The average Bonchev–Trinajstić information content (AvgIpc) is 2.36. The number of pyridine rings is 1. The number of aliphatic carboxylic acids is 1. The van der Waals surface area contributed by atoms with Crippen molar-refractivity contribution in [2.24, 2.45) is 5.41 Å². The maximum atomic E-state index is 12.0. The molecule has 0 aliphatic carbocycles. The first-order valence-electron chi connectivity index (χ1n) is 6.77. The van der Waals surface area contributed by atoms with Crippen LogP contribution in [0.1, 0.15) is 38.8 Å². The summed E-state index contributed by atoms with van der Waals surface area (Å²) in [5.74, 6) is -0.960. The highest BCUT2D eigenvalue weighted by atomic mass is 16.4. The third-order valence-corrected chi connectivity index (χ3v) is 4.10. The molecule has 1 aromatic heterocycles. The molecule has 0 saturated heterocycles. The fourth-order valence-corrected chi connectivity index (χ4v) is 1.63. The van der Waals surface area contributed by atoms with Gasteiger partial charge in [0.25, 0.3) is 0 Å². The van der Waals surface area contributed by atoms with E-state index >= 15 is 0 Å². The van der Waals surface area contributed by atoms with Gasteiger partial charge in [-0.25, -0.2) is 4.79 Å². The normalized spacial score (nSPS) is 11.9. The highest BCUT2D eigenvalue weighted by Crippen LogP contribution is 2.30. The molecule has 0 unspecified atom stereocenters. The predicted octanol–water partition coefficient (Wildman–Crippen LogP) is 2.08. The lowest BCUT2D eigenvalue weighted by atomic mass is 9.74. The van der Waals surface area contributed by atoms with Gasteiger partial charge in [-0.3, -0.25) is 9.78 Å². The molecule has 0 atom stereocenters. The summed E-state index contributed by atoms with van der Waals surface area (Å²) >= 11 is 0. The van der Waals surface area contributed by atoms with E-state index in [1.165, 1.54) is 0 Å². The van der Waals surface area contributed by atoms with Crippen LogP contribution in [0, 0.1) is 12.3 Å². The van der Waals surface area contributed by atoms with Gasteiger partial charge in [0.05, 0.1) is 11.0 Å². The third-order valence-electron chi connectivity index (χ3n) is 4.10. The summed E-state index contributed by atoms with van der Waals surface area (Å²) in [5.41, 5.74) is -0.0222. The van der Waals surface area contributed by atoms with Crippen molar-refractivity contribution in [3.8, 4) is 0 Å². The van der Waals surface area contributed by atoms with Crippen LogP contribution in [0.4, 0.5) is 4.79 Å². The lowest BCUT2D eigenvalue weighted by molar-refractivity contribution is -0.150. The topological polar surface area (TPSA) is 91.3 Å². The molecule has 3 N–H and O–H groups in total. The van der Waals surface area contributed by atoms with Crippen LogP contribution < -0.4 is 10.6 Å². The summed E-state index contributed by atoms with van der Waals surface area (Å²) in [7, 11) is 0. The van der Waals surface area contributed by atoms with E-state index in [4.69, 9.17) is 0 Å². The van der Waals surface area contributed by atoms with Gasteiger partial charge in [-0.2, -0.15) is 0 Å². The molecule has 0 saturated carbocycles. The standard InChI is InChI=1S/C15H23N3O3/c1-10-8-16-7-6-11(10)9-17-13(21)18-15(4,5)14(2,3)12(19)20/h6-8H,9H2,1-5H3,(H,19,20)(H2,17,18,21). The van der Waals surface area contributed by atoms with Gasteiger partial charge in [0.2, 0.25) is 0 Å². The number of nitrogens with zero attached hydrogens (tertiary/aromatic N) is 1. The lowest BCUT2D eigenvalue weighted by Gasteiger charge is -2.38. The minimum Gasteiger partial charge on any atom is -0.481 e. The third kappa shape index (κ3) is 3.93. The van der Waals surface area contributed by atoms with Gasteiger partial charge in [0, 0.05) is 18.9 Å². The zero-order chi connectivity index (χ0) is 16.3. The molecule has 116 valence electrons. The average molecular weight is 293 g/mol. The van der Waals surface area contributed by atoms with Gasteiger partial charge >= 0.3 is 12.0 Å². The Balaban J connectivity index is 2.66. The van der Waals surface area contributed by atoms with Crippen LogP contribution in [-0.2, 0) is 11.3 Å². The minimum atomic E-state index is -1.09. The highest BCUT2D eigenvalue weighted by molar-refractivity contribution is 5.79. The zero-order valence-corrected chi connectivity index (χ0v) is 13.2. The van der Waals surface area contributed by atoms with Crippen molar-refractivity contribution in [3.05, 3.63) is 29.6 Å². The Morgan fingerprint density at radius 3 is 2.43 bits per heavy atom. The molecule has 6 heteroatoms.